The van der Waals surface area contributed by atoms with E-state index in [1.165, 1.54) is 0 Å². The molecule has 64 valence electrons. The highest BCUT2D eigenvalue weighted by Gasteiger charge is 2.03. The van der Waals surface area contributed by atoms with Gasteiger partial charge < -0.3 is 0 Å². The van der Waals surface area contributed by atoms with Gasteiger partial charge >= 0.3 is 0 Å². The number of hydrogen-bond donors (Lipinski definition) is 1. The van der Waals surface area contributed by atoms with E-state index >= 15 is 0 Å². The Kier molecular flexibility index (Phi) is 2.70. The normalized spacial score (nSPS) is 17.0. The van der Waals surface area contributed by atoms with Gasteiger partial charge in [-0.05, 0) is 6.07 Å². The summed E-state index contributed by atoms with van der Waals surface area (Å²) in [7, 11) is -3.27. The van der Waals surface area contributed by atoms with E-state index in [1.54, 1.807) is 12.4 Å². The molecule has 2 rings (SSSR count). The molecule has 0 atom stereocenters. The Morgan fingerprint density at radius 3 is 2.33 bits per heavy atom. The lowest BCUT2D eigenvalue weighted by Crippen LogP contribution is -1.80. The minimum absolute atomic E-state index is 0.938. The maximum Gasteiger partial charge on any atom is 0.294 e. The van der Waals surface area contributed by atoms with E-state index in [1.807, 2.05) is 6.07 Å². The molecule has 0 radical (unpaired) electrons. The third-order valence-electron chi connectivity index (χ3n) is 0.866. The van der Waals surface area contributed by atoms with Crippen LogP contribution in [0.4, 0.5) is 0 Å². The van der Waals surface area contributed by atoms with Crippen LogP contribution in [0.25, 0.3) is 0 Å². The molecule has 7 heteroatoms. The second-order valence-corrected chi connectivity index (χ2v) is 3.23. The number of nitrogens with zero attached hydrogens (tertiary/aromatic N) is 3. The molecule has 1 aromatic rings. The number of sulfonamides is 1. The van der Waals surface area contributed by atoms with Gasteiger partial charge in [-0.15, -0.1) is 5.11 Å². The fourth-order valence-electron chi connectivity index (χ4n) is 0.439. The molecule has 0 bridgehead atoms. The smallest absolute Gasteiger partial charge is 0.286 e. The SMILES string of the molecule is O=S1(=O)C=CN=N1.c1cn[nH]c1. The van der Waals surface area contributed by atoms with Crippen LogP contribution in [-0.4, -0.2) is 18.6 Å². The van der Waals surface area contributed by atoms with Gasteiger partial charge in [0.25, 0.3) is 10.0 Å². The molecule has 1 aromatic heterocycles. The fourth-order valence-corrected chi connectivity index (χ4v) is 0.888. The molecular formula is C5H6N4O2S. The van der Waals surface area contributed by atoms with Gasteiger partial charge in [0, 0.05) is 12.4 Å². The van der Waals surface area contributed by atoms with Crippen molar-refractivity contribution in [2.75, 3.05) is 0 Å². The first-order valence-corrected chi connectivity index (χ1v) is 4.48. The van der Waals surface area contributed by atoms with Crippen molar-refractivity contribution in [3.8, 4) is 0 Å². The van der Waals surface area contributed by atoms with Crippen LogP contribution < -0.4 is 0 Å². The molecule has 1 aliphatic heterocycles. The van der Waals surface area contributed by atoms with Gasteiger partial charge in [-0.1, -0.05) is 4.52 Å². The van der Waals surface area contributed by atoms with Gasteiger partial charge in [-0.3, -0.25) is 5.10 Å². The van der Waals surface area contributed by atoms with Crippen molar-refractivity contribution < 1.29 is 8.42 Å². The van der Waals surface area contributed by atoms with E-state index in [9.17, 15) is 8.42 Å². The number of rotatable bonds is 0. The van der Waals surface area contributed by atoms with Crippen molar-refractivity contribution in [2.45, 2.75) is 0 Å². The number of aromatic amines is 1. The monoisotopic (exact) mass is 186 g/mol. The van der Waals surface area contributed by atoms with E-state index in [0.717, 1.165) is 11.6 Å². The zero-order valence-electron chi connectivity index (χ0n) is 5.95. The molecule has 0 aliphatic carbocycles. The highest BCUT2D eigenvalue weighted by molar-refractivity contribution is 7.93. The molecule has 0 amide bonds. The highest BCUT2D eigenvalue weighted by Crippen LogP contribution is 2.02. The van der Waals surface area contributed by atoms with Gasteiger partial charge in [0.15, 0.2) is 0 Å². The largest absolute Gasteiger partial charge is 0.294 e. The quantitative estimate of drug-likeness (QED) is 0.645. The summed E-state index contributed by atoms with van der Waals surface area (Å²) >= 11 is 0. The lowest BCUT2D eigenvalue weighted by Gasteiger charge is -1.70. The summed E-state index contributed by atoms with van der Waals surface area (Å²) in [4.78, 5) is 0. The van der Waals surface area contributed by atoms with Crippen LogP contribution in [0.5, 0.6) is 0 Å². The van der Waals surface area contributed by atoms with Gasteiger partial charge in [0.1, 0.15) is 0 Å². The second-order valence-electron chi connectivity index (χ2n) is 1.76. The number of nitrogens with one attached hydrogen (secondary N) is 1. The summed E-state index contributed by atoms with van der Waals surface area (Å²) in [5, 5.41) is 10.2. The van der Waals surface area contributed by atoms with Crippen molar-refractivity contribution in [3.63, 3.8) is 0 Å². The van der Waals surface area contributed by atoms with Crippen LogP contribution in [0, 0.1) is 0 Å². The van der Waals surface area contributed by atoms with Crippen molar-refractivity contribution in [2.24, 2.45) is 9.63 Å². The average Bonchev–Trinajstić information content (AvgIpc) is 2.60. The molecule has 1 aliphatic rings. The Bertz CT molecular complexity index is 329. The molecule has 2 heterocycles. The summed E-state index contributed by atoms with van der Waals surface area (Å²) in [6.45, 7) is 0. The third kappa shape index (κ3) is 3.06. The standard InChI is InChI=1S/C3H4N2.C2H2N2O2S/c1-2-4-5-3-1;5-7(6)2-1-3-4-7/h1-3H,(H,4,5);1-2H. The Morgan fingerprint density at radius 1 is 1.33 bits per heavy atom. The van der Waals surface area contributed by atoms with Gasteiger partial charge in [0.05, 0.1) is 11.6 Å². The number of H-pyrrole nitrogens is 1. The highest BCUT2D eigenvalue weighted by atomic mass is 32.2. The average molecular weight is 186 g/mol. The molecule has 6 nitrogen and oxygen atoms in total. The predicted molar refractivity (Wildman–Crippen MR) is 41.5 cm³/mol. The zero-order chi connectivity index (χ0) is 8.86. The molecule has 0 aromatic carbocycles. The zero-order valence-corrected chi connectivity index (χ0v) is 6.77. The first kappa shape index (κ1) is 8.60. The summed E-state index contributed by atoms with van der Waals surface area (Å²) in [5.41, 5.74) is 0. The lowest BCUT2D eigenvalue weighted by molar-refractivity contribution is 0.605. The van der Waals surface area contributed by atoms with Crippen LogP contribution in [-0.2, 0) is 10.0 Å². The fraction of sp³-hybridized carbons (Fsp3) is 0. The van der Waals surface area contributed by atoms with Crippen LogP contribution in [0.15, 0.2) is 39.7 Å². The number of aromatic nitrogens is 2. The van der Waals surface area contributed by atoms with Crippen LogP contribution in [0.3, 0.4) is 0 Å². The van der Waals surface area contributed by atoms with Crippen molar-refractivity contribution in [3.05, 3.63) is 30.1 Å². The van der Waals surface area contributed by atoms with Crippen molar-refractivity contribution >= 4 is 10.0 Å². The molecule has 0 saturated heterocycles. The van der Waals surface area contributed by atoms with Gasteiger partial charge in [-0.2, -0.15) is 13.5 Å². The minimum atomic E-state index is -3.27. The van der Waals surface area contributed by atoms with Crippen molar-refractivity contribution in [1.29, 1.82) is 0 Å². The Morgan fingerprint density at radius 2 is 2.17 bits per heavy atom. The Balaban J connectivity index is 0.000000127. The Hall–Kier alpha value is -1.50. The van der Waals surface area contributed by atoms with Crippen LogP contribution in [0.1, 0.15) is 0 Å². The summed E-state index contributed by atoms with van der Waals surface area (Å²) in [6.07, 6.45) is 4.59. The van der Waals surface area contributed by atoms with Gasteiger partial charge in [0.2, 0.25) is 0 Å². The molecule has 1 N–H and O–H groups in total. The lowest BCUT2D eigenvalue weighted by atomic mass is 10.8. The van der Waals surface area contributed by atoms with Crippen LogP contribution in [0.2, 0.25) is 0 Å². The maximum atomic E-state index is 10.1. The van der Waals surface area contributed by atoms with E-state index in [0.29, 0.717) is 0 Å². The maximum absolute atomic E-state index is 10.1. The second kappa shape index (κ2) is 3.77. The molecule has 0 saturated carbocycles. The van der Waals surface area contributed by atoms with E-state index in [-0.39, 0.29) is 0 Å². The predicted octanol–water partition coefficient (Wildman–Crippen LogP) is 0.663. The molecule has 0 spiro atoms. The Labute approximate surface area is 69.1 Å². The molecular weight excluding hydrogens is 180 g/mol. The summed E-state index contributed by atoms with van der Waals surface area (Å²) < 4.78 is 23.0. The van der Waals surface area contributed by atoms with Crippen molar-refractivity contribution in [1.82, 2.24) is 10.2 Å². The van der Waals surface area contributed by atoms with Gasteiger partial charge in [-0.25, -0.2) is 0 Å². The molecule has 0 unspecified atom stereocenters. The minimum Gasteiger partial charge on any atom is -0.286 e. The summed E-state index contributed by atoms with van der Waals surface area (Å²) in [6, 6.07) is 1.83. The summed E-state index contributed by atoms with van der Waals surface area (Å²) in [5.74, 6) is 0. The third-order valence-corrected chi connectivity index (χ3v) is 1.65. The topological polar surface area (TPSA) is 87.5 Å². The number of hydrogen-bond acceptors (Lipinski definition) is 4. The van der Waals surface area contributed by atoms with E-state index < -0.39 is 10.0 Å². The first-order chi connectivity index (χ1) is 5.71. The molecule has 0 fully saturated rings. The first-order valence-electron chi connectivity index (χ1n) is 2.98. The molecule has 12 heavy (non-hydrogen) atoms. The van der Waals surface area contributed by atoms with Crippen LogP contribution >= 0.6 is 0 Å². The van der Waals surface area contributed by atoms with E-state index in [4.69, 9.17) is 0 Å². The van der Waals surface area contributed by atoms with E-state index in [2.05, 4.69) is 19.8 Å².